The van der Waals surface area contributed by atoms with Gasteiger partial charge in [0.15, 0.2) is 5.65 Å². The van der Waals surface area contributed by atoms with Gasteiger partial charge in [0.25, 0.3) is 0 Å². The minimum absolute atomic E-state index is 0.0960. The Hall–Kier alpha value is -2.44. The van der Waals surface area contributed by atoms with Crippen LogP contribution in [0.2, 0.25) is 0 Å². The monoisotopic (exact) mass is 327 g/mol. The van der Waals surface area contributed by atoms with E-state index in [0.29, 0.717) is 24.6 Å². The lowest BCUT2D eigenvalue weighted by Crippen LogP contribution is -2.29. The van der Waals surface area contributed by atoms with E-state index in [2.05, 4.69) is 15.4 Å². The molecule has 24 heavy (non-hydrogen) atoms. The van der Waals surface area contributed by atoms with Crippen molar-refractivity contribution in [2.75, 3.05) is 18.4 Å². The Morgan fingerprint density at radius 2 is 2.21 bits per heavy atom. The highest BCUT2D eigenvalue weighted by Gasteiger charge is 2.37. The second-order valence-corrected chi connectivity index (χ2v) is 6.94. The minimum Gasteiger partial charge on any atom is -0.342 e. The first-order valence-corrected chi connectivity index (χ1v) is 8.39. The molecule has 1 saturated carbocycles. The Morgan fingerprint density at radius 1 is 1.42 bits per heavy atom. The van der Waals surface area contributed by atoms with Gasteiger partial charge in [-0.15, -0.1) is 0 Å². The van der Waals surface area contributed by atoms with Gasteiger partial charge in [-0.25, -0.2) is 4.98 Å². The lowest BCUT2D eigenvalue weighted by atomic mass is 10.1. The summed E-state index contributed by atoms with van der Waals surface area (Å²) in [4.78, 5) is 30.8. The summed E-state index contributed by atoms with van der Waals surface area (Å²) in [7, 11) is 1.85. The second kappa shape index (κ2) is 5.58. The number of amides is 2. The number of nitrogens with zero attached hydrogens (tertiary/aromatic N) is 4. The van der Waals surface area contributed by atoms with Gasteiger partial charge in [0.1, 0.15) is 0 Å². The SMILES string of the molecule is Cc1nn(C)c2ncc(NC(=O)[C@H]3CC(=O)N(CC4CC4)C3)cc12. The molecule has 1 atom stereocenters. The summed E-state index contributed by atoms with van der Waals surface area (Å²) in [5, 5.41) is 8.16. The van der Waals surface area contributed by atoms with Gasteiger partial charge in [-0.2, -0.15) is 5.10 Å². The standard InChI is InChI=1S/C17H21N5O2/c1-10-14-6-13(7-18-16(14)21(2)20-10)19-17(24)12-5-15(23)22(9-12)8-11-3-4-11/h6-7,11-12H,3-5,8-9H2,1-2H3,(H,19,24)/t12-/m0/s1. The highest BCUT2D eigenvalue weighted by Crippen LogP contribution is 2.32. The molecule has 1 N–H and O–H groups in total. The average molecular weight is 327 g/mol. The van der Waals surface area contributed by atoms with E-state index in [1.807, 2.05) is 24.9 Å². The van der Waals surface area contributed by atoms with Gasteiger partial charge in [0.05, 0.1) is 23.5 Å². The van der Waals surface area contributed by atoms with Gasteiger partial charge in [-0.3, -0.25) is 14.3 Å². The molecule has 2 aromatic heterocycles. The van der Waals surface area contributed by atoms with Crippen LogP contribution < -0.4 is 5.32 Å². The Morgan fingerprint density at radius 3 is 2.96 bits per heavy atom. The van der Waals surface area contributed by atoms with E-state index in [-0.39, 0.29) is 17.7 Å². The maximum Gasteiger partial charge on any atom is 0.229 e. The fourth-order valence-corrected chi connectivity index (χ4v) is 3.36. The number of carbonyl (C=O) groups is 2. The van der Waals surface area contributed by atoms with Crippen molar-refractivity contribution in [2.24, 2.45) is 18.9 Å². The van der Waals surface area contributed by atoms with Gasteiger partial charge in [-0.1, -0.05) is 0 Å². The lowest BCUT2D eigenvalue weighted by molar-refractivity contribution is -0.128. The summed E-state index contributed by atoms with van der Waals surface area (Å²) in [6, 6.07) is 1.89. The predicted octanol–water partition coefficient (Wildman–Crippen LogP) is 1.47. The van der Waals surface area contributed by atoms with Crippen molar-refractivity contribution in [2.45, 2.75) is 26.2 Å². The number of likely N-dealkylation sites (tertiary alicyclic amines) is 1. The zero-order valence-electron chi connectivity index (χ0n) is 14.0. The fraction of sp³-hybridized carbons (Fsp3) is 0.529. The molecule has 1 aliphatic heterocycles. The molecule has 2 aromatic rings. The van der Waals surface area contributed by atoms with Crippen molar-refractivity contribution in [3.8, 4) is 0 Å². The van der Waals surface area contributed by atoms with Crippen LogP contribution in [-0.4, -0.2) is 44.6 Å². The summed E-state index contributed by atoms with van der Waals surface area (Å²) < 4.78 is 1.72. The number of pyridine rings is 1. The zero-order chi connectivity index (χ0) is 16.8. The fourth-order valence-electron chi connectivity index (χ4n) is 3.36. The summed E-state index contributed by atoms with van der Waals surface area (Å²) in [6.45, 7) is 3.26. The van der Waals surface area contributed by atoms with E-state index in [1.54, 1.807) is 10.9 Å². The van der Waals surface area contributed by atoms with Crippen molar-refractivity contribution >= 4 is 28.5 Å². The molecule has 1 saturated heterocycles. The Labute approximate surface area is 140 Å². The number of nitrogens with one attached hydrogen (secondary N) is 1. The maximum atomic E-state index is 12.5. The molecule has 3 heterocycles. The van der Waals surface area contributed by atoms with E-state index in [4.69, 9.17) is 0 Å². The number of carbonyl (C=O) groups excluding carboxylic acids is 2. The smallest absolute Gasteiger partial charge is 0.229 e. The van der Waals surface area contributed by atoms with Crippen LogP contribution in [0.3, 0.4) is 0 Å². The number of fused-ring (bicyclic) bond motifs is 1. The summed E-state index contributed by atoms with van der Waals surface area (Å²) in [5.74, 6) is 0.362. The highest BCUT2D eigenvalue weighted by molar-refractivity contribution is 5.98. The van der Waals surface area contributed by atoms with Gasteiger partial charge < -0.3 is 10.2 Å². The van der Waals surface area contributed by atoms with Crippen molar-refractivity contribution in [1.82, 2.24) is 19.7 Å². The van der Waals surface area contributed by atoms with Crippen LogP contribution in [0.1, 0.15) is 25.0 Å². The molecule has 2 amide bonds. The van der Waals surface area contributed by atoms with Crippen LogP contribution in [0.15, 0.2) is 12.3 Å². The number of aromatic nitrogens is 3. The van der Waals surface area contributed by atoms with E-state index in [1.165, 1.54) is 12.8 Å². The molecule has 2 aliphatic rings. The van der Waals surface area contributed by atoms with E-state index in [9.17, 15) is 9.59 Å². The normalized spacial score (nSPS) is 20.8. The van der Waals surface area contributed by atoms with Crippen molar-refractivity contribution in [3.63, 3.8) is 0 Å². The predicted molar refractivity (Wildman–Crippen MR) is 89.3 cm³/mol. The Kier molecular flexibility index (Phi) is 3.51. The molecule has 1 aliphatic carbocycles. The quantitative estimate of drug-likeness (QED) is 0.922. The third-order valence-electron chi connectivity index (χ3n) is 4.89. The molecular formula is C17H21N5O2. The highest BCUT2D eigenvalue weighted by atomic mass is 16.2. The summed E-state index contributed by atoms with van der Waals surface area (Å²) in [5.41, 5.74) is 2.32. The van der Waals surface area contributed by atoms with Gasteiger partial charge in [0.2, 0.25) is 11.8 Å². The molecule has 7 heteroatoms. The Bertz CT molecular complexity index is 824. The first-order valence-electron chi connectivity index (χ1n) is 8.39. The van der Waals surface area contributed by atoms with Crippen LogP contribution in [-0.2, 0) is 16.6 Å². The maximum absolute atomic E-state index is 12.5. The van der Waals surface area contributed by atoms with Crippen LogP contribution in [0.25, 0.3) is 11.0 Å². The van der Waals surface area contributed by atoms with Gasteiger partial charge in [0, 0.05) is 31.9 Å². The first kappa shape index (κ1) is 15.1. The van der Waals surface area contributed by atoms with Crippen molar-refractivity contribution < 1.29 is 9.59 Å². The molecular weight excluding hydrogens is 306 g/mol. The van der Waals surface area contributed by atoms with Crippen molar-refractivity contribution in [1.29, 1.82) is 0 Å². The van der Waals surface area contributed by atoms with Crippen LogP contribution in [0.4, 0.5) is 5.69 Å². The number of aryl methyl sites for hydroxylation is 2. The first-order chi connectivity index (χ1) is 11.5. The number of hydrogen-bond donors (Lipinski definition) is 1. The largest absolute Gasteiger partial charge is 0.342 e. The molecule has 0 radical (unpaired) electrons. The lowest BCUT2D eigenvalue weighted by Gasteiger charge is -2.16. The summed E-state index contributed by atoms with van der Waals surface area (Å²) >= 11 is 0. The van der Waals surface area contributed by atoms with Gasteiger partial charge >= 0.3 is 0 Å². The summed E-state index contributed by atoms with van der Waals surface area (Å²) in [6.07, 6.45) is 4.35. The Balaban J connectivity index is 1.46. The molecule has 0 bridgehead atoms. The molecule has 0 spiro atoms. The van der Waals surface area contributed by atoms with Crippen LogP contribution in [0.5, 0.6) is 0 Å². The zero-order valence-corrected chi connectivity index (χ0v) is 14.0. The number of anilines is 1. The third-order valence-corrected chi connectivity index (χ3v) is 4.89. The molecule has 4 rings (SSSR count). The molecule has 2 fully saturated rings. The molecule has 0 unspecified atom stereocenters. The van der Waals surface area contributed by atoms with Crippen LogP contribution >= 0.6 is 0 Å². The number of rotatable bonds is 4. The second-order valence-electron chi connectivity index (χ2n) is 6.94. The molecule has 7 nitrogen and oxygen atoms in total. The molecule has 126 valence electrons. The van der Waals surface area contributed by atoms with E-state index < -0.39 is 0 Å². The van der Waals surface area contributed by atoms with Gasteiger partial charge in [-0.05, 0) is 31.7 Å². The molecule has 0 aromatic carbocycles. The third kappa shape index (κ3) is 2.74. The van der Waals surface area contributed by atoms with Crippen molar-refractivity contribution in [3.05, 3.63) is 18.0 Å². The topological polar surface area (TPSA) is 80.1 Å². The minimum atomic E-state index is -0.276. The van der Waals surface area contributed by atoms with E-state index >= 15 is 0 Å². The number of hydrogen-bond acceptors (Lipinski definition) is 4. The van der Waals surface area contributed by atoms with Crippen LogP contribution in [0, 0.1) is 18.8 Å². The van der Waals surface area contributed by atoms with E-state index in [0.717, 1.165) is 23.3 Å². The average Bonchev–Trinajstić information content (AvgIpc) is 3.22.